The van der Waals surface area contributed by atoms with Crippen LogP contribution in [0.2, 0.25) is 5.02 Å². The molecular weight excluding hydrogens is 231 g/mol. The third kappa shape index (κ3) is 2.79. The van der Waals surface area contributed by atoms with Crippen LogP contribution in [-0.4, -0.2) is 6.61 Å². The zero-order valence-electron chi connectivity index (χ0n) is 8.51. The molecule has 0 aliphatic heterocycles. The fourth-order valence-corrected chi connectivity index (χ4v) is 2.04. The highest BCUT2D eigenvalue weighted by Gasteiger charge is 2.18. The Morgan fingerprint density at radius 2 is 2.13 bits per heavy atom. The molecule has 1 nitrogen and oxygen atoms in total. The second-order valence-corrected chi connectivity index (χ2v) is 4.68. The minimum atomic E-state index is 0.489. The van der Waals surface area contributed by atoms with Gasteiger partial charge in [0, 0.05) is 5.88 Å². The smallest absolute Gasteiger partial charge is 0.137 e. The molecule has 0 unspecified atom stereocenters. The monoisotopic (exact) mass is 244 g/mol. The van der Waals surface area contributed by atoms with E-state index in [1.54, 1.807) is 0 Å². The summed E-state index contributed by atoms with van der Waals surface area (Å²) in [7, 11) is 0. The van der Waals surface area contributed by atoms with Crippen LogP contribution in [0.15, 0.2) is 18.2 Å². The van der Waals surface area contributed by atoms with Gasteiger partial charge in [-0.05, 0) is 36.5 Å². The first-order valence-electron chi connectivity index (χ1n) is 5.27. The Labute approximate surface area is 100 Å². The van der Waals surface area contributed by atoms with Gasteiger partial charge in [0.05, 0.1) is 11.6 Å². The summed E-state index contributed by atoms with van der Waals surface area (Å²) in [5.74, 6) is 1.99. The van der Waals surface area contributed by atoms with Crippen LogP contribution in [0.3, 0.4) is 0 Å². The van der Waals surface area contributed by atoms with E-state index in [0.29, 0.717) is 10.9 Å². The summed E-state index contributed by atoms with van der Waals surface area (Å²) in [5, 5.41) is 0.660. The molecule has 0 aromatic heterocycles. The predicted octanol–water partition coefficient (Wildman–Crippen LogP) is 4.26. The second kappa shape index (κ2) is 5.09. The molecule has 1 fully saturated rings. The van der Waals surface area contributed by atoms with E-state index in [1.807, 2.05) is 18.2 Å². The molecule has 1 aromatic carbocycles. The Hall–Kier alpha value is -0.400. The van der Waals surface area contributed by atoms with Crippen molar-refractivity contribution in [2.75, 3.05) is 6.61 Å². The summed E-state index contributed by atoms with van der Waals surface area (Å²) in [5.41, 5.74) is 1.03. The first-order valence-corrected chi connectivity index (χ1v) is 6.18. The maximum Gasteiger partial charge on any atom is 0.137 e. The molecule has 1 saturated carbocycles. The standard InChI is InChI=1S/C12H14Cl2O/c13-7-10-4-5-12(11(14)6-10)15-8-9-2-1-3-9/h4-6,9H,1-3,7-8H2. The highest BCUT2D eigenvalue weighted by atomic mass is 35.5. The van der Waals surface area contributed by atoms with E-state index in [0.717, 1.165) is 23.8 Å². The minimum Gasteiger partial charge on any atom is -0.492 e. The van der Waals surface area contributed by atoms with Gasteiger partial charge in [-0.3, -0.25) is 0 Å². The van der Waals surface area contributed by atoms with E-state index in [1.165, 1.54) is 19.3 Å². The van der Waals surface area contributed by atoms with E-state index in [-0.39, 0.29) is 0 Å². The minimum absolute atomic E-state index is 0.489. The van der Waals surface area contributed by atoms with E-state index in [9.17, 15) is 0 Å². The molecular formula is C12H14Cl2O. The fraction of sp³-hybridized carbons (Fsp3) is 0.500. The van der Waals surface area contributed by atoms with Gasteiger partial charge in [-0.1, -0.05) is 24.1 Å². The van der Waals surface area contributed by atoms with Gasteiger partial charge in [0.25, 0.3) is 0 Å². The first kappa shape index (κ1) is 11.1. The van der Waals surface area contributed by atoms with Gasteiger partial charge in [-0.2, -0.15) is 0 Å². The molecule has 82 valence electrons. The van der Waals surface area contributed by atoms with Crippen molar-refractivity contribution in [1.82, 2.24) is 0 Å². The first-order chi connectivity index (χ1) is 7.29. The van der Waals surface area contributed by atoms with Crippen molar-refractivity contribution < 1.29 is 4.74 Å². The Bertz CT molecular complexity index is 334. The maximum absolute atomic E-state index is 6.07. The molecule has 0 spiro atoms. The summed E-state index contributed by atoms with van der Waals surface area (Å²) in [6.07, 6.45) is 3.92. The van der Waals surface area contributed by atoms with Crippen LogP contribution in [0, 0.1) is 5.92 Å². The normalized spacial score (nSPS) is 16.1. The average Bonchev–Trinajstić information content (AvgIpc) is 2.18. The summed E-state index contributed by atoms with van der Waals surface area (Å²) >= 11 is 11.8. The van der Waals surface area contributed by atoms with Crippen LogP contribution in [-0.2, 0) is 5.88 Å². The van der Waals surface area contributed by atoms with Crippen molar-refractivity contribution in [3.63, 3.8) is 0 Å². The number of benzene rings is 1. The third-order valence-electron chi connectivity index (χ3n) is 2.85. The molecule has 0 amide bonds. The van der Waals surface area contributed by atoms with E-state index in [2.05, 4.69) is 0 Å². The Morgan fingerprint density at radius 1 is 1.33 bits per heavy atom. The number of alkyl halides is 1. The molecule has 0 saturated heterocycles. The molecule has 1 aliphatic carbocycles. The maximum atomic E-state index is 6.07. The number of hydrogen-bond donors (Lipinski definition) is 0. The molecule has 0 N–H and O–H groups in total. The van der Waals surface area contributed by atoms with Crippen LogP contribution in [0.1, 0.15) is 24.8 Å². The van der Waals surface area contributed by atoms with Crippen molar-refractivity contribution in [2.24, 2.45) is 5.92 Å². The van der Waals surface area contributed by atoms with Gasteiger partial charge < -0.3 is 4.74 Å². The van der Waals surface area contributed by atoms with Gasteiger partial charge in [0.15, 0.2) is 0 Å². The zero-order valence-corrected chi connectivity index (χ0v) is 10.0. The van der Waals surface area contributed by atoms with Gasteiger partial charge in [-0.25, -0.2) is 0 Å². The summed E-state index contributed by atoms with van der Waals surface area (Å²) in [4.78, 5) is 0. The summed E-state index contributed by atoms with van der Waals surface area (Å²) < 4.78 is 5.67. The van der Waals surface area contributed by atoms with Crippen LogP contribution in [0.4, 0.5) is 0 Å². The lowest BCUT2D eigenvalue weighted by Crippen LogP contribution is -2.19. The predicted molar refractivity (Wildman–Crippen MR) is 63.8 cm³/mol. The van der Waals surface area contributed by atoms with Crippen molar-refractivity contribution in [3.05, 3.63) is 28.8 Å². The summed E-state index contributed by atoms with van der Waals surface area (Å²) in [6.45, 7) is 0.792. The van der Waals surface area contributed by atoms with Crippen molar-refractivity contribution in [2.45, 2.75) is 25.1 Å². The highest BCUT2D eigenvalue weighted by Crippen LogP contribution is 2.30. The number of ether oxygens (including phenoxy) is 1. The number of rotatable bonds is 4. The van der Waals surface area contributed by atoms with E-state index in [4.69, 9.17) is 27.9 Å². The topological polar surface area (TPSA) is 9.23 Å². The van der Waals surface area contributed by atoms with Crippen molar-refractivity contribution >= 4 is 23.2 Å². The molecule has 3 heteroatoms. The van der Waals surface area contributed by atoms with Crippen LogP contribution >= 0.6 is 23.2 Å². The van der Waals surface area contributed by atoms with Gasteiger partial charge >= 0.3 is 0 Å². The zero-order chi connectivity index (χ0) is 10.7. The molecule has 2 rings (SSSR count). The Kier molecular flexibility index (Phi) is 3.76. The van der Waals surface area contributed by atoms with Gasteiger partial charge in [0.2, 0.25) is 0 Å². The molecule has 0 heterocycles. The van der Waals surface area contributed by atoms with Crippen molar-refractivity contribution in [3.8, 4) is 5.75 Å². The van der Waals surface area contributed by atoms with Crippen molar-refractivity contribution in [1.29, 1.82) is 0 Å². The van der Waals surface area contributed by atoms with Crippen LogP contribution < -0.4 is 4.74 Å². The molecule has 0 radical (unpaired) electrons. The quantitative estimate of drug-likeness (QED) is 0.720. The fourth-order valence-electron chi connectivity index (χ4n) is 1.61. The molecule has 0 atom stereocenters. The lowest BCUT2D eigenvalue weighted by molar-refractivity contribution is 0.180. The van der Waals surface area contributed by atoms with E-state index >= 15 is 0 Å². The lowest BCUT2D eigenvalue weighted by Gasteiger charge is -2.25. The highest BCUT2D eigenvalue weighted by molar-refractivity contribution is 6.32. The summed E-state index contributed by atoms with van der Waals surface area (Å²) in [6, 6.07) is 5.72. The molecule has 1 aromatic rings. The van der Waals surface area contributed by atoms with Gasteiger partial charge in [-0.15, -0.1) is 11.6 Å². The van der Waals surface area contributed by atoms with Crippen LogP contribution in [0.25, 0.3) is 0 Å². The molecule has 15 heavy (non-hydrogen) atoms. The number of halogens is 2. The van der Waals surface area contributed by atoms with E-state index < -0.39 is 0 Å². The number of hydrogen-bond acceptors (Lipinski definition) is 1. The second-order valence-electron chi connectivity index (χ2n) is 4.01. The lowest BCUT2D eigenvalue weighted by atomic mass is 9.86. The Balaban J connectivity index is 1.95. The molecule has 1 aliphatic rings. The SMILES string of the molecule is ClCc1ccc(OCC2CCC2)c(Cl)c1. The third-order valence-corrected chi connectivity index (χ3v) is 3.45. The largest absolute Gasteiger partial charge is 0.492 e. The van der Waals surface area contributed by atoms with Crippen LogP contribution in [0.5, 0.6) is 5.75 Å². The molecule has 0 bridgehead atoms. The Morgan fingerprint density at radius 3 is 2.67 bits per heavy atom. The average molecular weight is 245 g/mol. The van der Waals surface area contributed by atoms with Gasteiger partial charge in [0.1, 0.15) is 5.75 Å².